The van der Waals surface area contributed by atoms with Gasteiger partial charge in [0.1, 0.15) is 5.69 Å². The summed E-state index contributed by atoms with van der Waals surface area (Å²) in [5, 5.41) is 1.23. The number of sulfonamides is 1. The maximum absolute atomic E-state index is 12.9. The molecule has 2 aliphatic heterocycles. The average molecular weight is 443 g/mol. The van der Waals surface area contributed by atoms with E-state index in [4.69, 9.17) is 4.74 Å². The molecule has 0 atom stereocenters. The molecule has 2 aliphatic rings. The van der Waals surface area contributed by atoms with Crippen LogP contribution < -0.4 is 4.90 Å². The first-order valence-corrected chi connectivity index (χ1v) is 11.8. The third-order valence-electron chi connectivity index (χ3n) is 5.46. The third kappa shape index (κ3) is 5.30. The summed E-state index contributed by atoms with van der Waals surface area (Å²) in [5.41, 5.74) is 2.16. The van der Waals surface area contributed by atoms with E-state index in [1.54, 1.807) is 23.2 Å². The number of carbonyl (C=O) groups is 1. The van der Waals surface area contributed by atoms with Crippen LogP contribution in [0, 0.1) is 0 Å². The quantitative estimate of drug-likeness (QED) is 0.701. The van der Waals surface area contributed by atoms with Gasteiger partial charge in [0.15, 0.2) is 0 Å². The van der Waals surface area contributed by atoms with Gasteiger partial charge in [-0.3, -0.25) is 9.78 Å². The number of amides is 1. The molecule has 4 rings (SSSR count). The lowest BCUT2D eigenvalue weighted by Gasteiger charge is -2.33. The minimum Gasteiger partial charge on any atom is -0.378 e. The first kappa shape index (κ1) is 21.5. The highest BCUT2D eigenvalue weighted by Crippen LogP contribution is 2.18. The third-order valence-corrected chi connectivity index (χ3v) is 7.02. The molecular formula is C22H26N4O4S. The molecule has 0 unspecified atom stereocenters. The van der Waals surface area contributed by atoms with Gasteiger partial charge in [0, 0.05) is 56.6 Å². The van der Waals surface area contributed by atoms with Crippen LogP contribution in [0.25, 0.3) is 6.08 Å². The molecule has 2 fully saturated rings. The van der Waals surface area contributed by atoms with E-state index < -0.39 is 10.0 Å². The van der Waals surface area contributed by atoms with Crippen LogP contribution in [0.1, 0.15) is 16.1 Å². The Hall–Kier alpha value is -2.75. The Morgan fingerprint density at radius 2 is 1.68 bits per heavy atom. The van der Waals surface area contributed by atoms with Crippen molar-refractivity contribution < 1.29 is 17.9 Å². The SMILES string of the molecule is O=C(c1cc(N2CCOCC2)ccn1)N1CCN(S(=O)(=O)/C=C/c2ccccc2)CC1. The molecule has 0 aliphatic carbocycles. The van der Waals surface area contributed by atoms with Crippen molar-refractivity contribution in [3.05, 3.63) is 65.3 Å². The van der Waals surface area contributed by atoms with E-state index in [1.807, 2.05) is 36.4 Å². The van der Waals surface area contributed by atoms with Gasteiger partial charge in [-0.1, -0.05) is 30.3 Å². The van der Waals surface area contributed by atoms with Crippen molar-refractivity contribution in [1.82, 2.24) is 14.2 Å². The summed E-state index contributed by atoms with van der Waals surface area (Å²) in [5.74, 6) is -0.174. The highest BCUT2D eigenvalue weighted by molar-refractivity contribution is 7.92. The molecule has 1 aromatic heterocycles. The maximum atomic E-state index is 12.9. The predicted octanol–water partition coefficient (Wildman–Crippen LogP) is 1.68. The molecule has 2 saturated heterocycles. The van der Waals surface area contributed by atoms with Gasteiger partial charge in [0.05, 0.1) is 13.2 Å². The van der Waals surface area contributed by atoms with Gasteiger partial charge in [-0.25, -0.2) is 8.42 Å². The number of hydrogen-bond donors (Lipinski definition) is 0. The second kappa shape index (κ2) is 9.59. The van der Waals surface area contributed by atoms with E-state index in [0.29, 0.717) is 32.0 Å². The van der Waals surface area contributed by atoms with Crippen LogP contribution in [0.5, 0.6) is 0 Å². The molecule has 2 aromatic rings. The number of benzene rings is 1. The fraction of sp³-hybridized carbons (Fsp3) is 0.364. The zero-order chi connectivity index (χ0) is 21.7. The van der Waals surface area contributed by atoms with E-state index in [2.05, 4.69) is 9.88 Å². The number of ether oxygens (including phenoxy) is 1. The highest BCUT2D eigenvalue weighted by Gasteiger charge is 2.28. The van der Waals surface area contributed by atoms with Crippen LogP contribution in [0.3, 0.4) is 0 Å². The van der Waals surface area contributed by atoms with Gasteiger partial charge in [0.25, 0.3) is 5.91 Å². The number of aromatic nitrogens is 1. The Bertz CT molecular complexity index is 1030. The molecule has 0 spiro atoms. The minimum atomic E-state index is -3.54. The van der Waals surface area contributed by atoms with E-state index >= 15 is 0 Å². The topological polar surface area (TPSA) is 83.1 Å². The first-order valence-electron chi connectivity index (χ1n) is 10.3. The van der Waals surface area contributed by atoms with Crippen molar-refractivity contribution >= 4 is 27.7 Å². The standard InChI is InChI=1S/C22H26N4O4S/c27-22(21-18-20(6-8-23-21)24-13-15-30-16-14-24)25-9-11-26(12-10-25)31(28,29)17-7-19-4-2-1-3-5-19/h1-8,17-18H,9-16H2/b17-7+. The molecular weight excluding hydrogens is 416 g/mol. The zero-order valence-electron chi connectivity index (χ0n) is 17.3. The molecule has 1 aromatic carbocycles. The Labute approximate surface area is 182 Å². The Morgan fingerprint density at radius 1 is 0.968 bits per heavy atom. The van der Waals surface area contributed by atoms with Gasteiger partial charge < -0.3 is 14.5 Å². The van der Waals surface area contributed by atoms with E-state index in [1.165, 1.54) is 9.71 Å². The van der Waals surface area contributed by atoms with Crippen LogP contribution in [0.2, 0.25) is 0 Å². The molecule has 0 saturated carbocycles. The van der Waals surface area contributed by atoms with Gasteiger partial charge in [-0.2, -0.15) is 4.31 Å². The summed E-state index contributed by atoms with van der Waals surface area (Å²) >= 11 is 0. The number of hydrogen-bond acceptors (Lipinski definition) is 6. The largest absolute Gasteiger partial charge is 0.378 e. The Kier molecular flexibility index (Phi) is 6.64. The van der Waals surface area contributed by atoms with Crippen molar-refractivity contribution in [2.45, 2.75) is 0 Å². The van der Waals surface area contributed by atoms with Crippen LogP contribution in [0.15, 0.2) is 54.1 Å². The van der Waals surface area contributed by atoms with Crippen molar-refractivity contribution in [3.63, 3.8) is 0 Å². The fourth-order valence-corrected chi connectivity index (χ4v) is 4.85. The summed E-state index contributed by atoms with van der Waals surface area (Å²) < 4.78 is 32.1. The molecule has 0 bridgehead atoms. The second-order valence-corrected chi connectivity index (χ2v) is 9.27. The number of pyridine rings is 1. The Morgan fingerprint density at radius 3 is 2.39 bits per heavy atom. The maximum Gasteiger partial charge on any atom is 0.272 e. The summed E-state index contributed by atoms with van der Waals surface area (Å²) in [6, 6.07) is 13.0. The molecule has 0 radical (unpaired) electrons. The van der Waals surface area contributed by atoms with Gasteiger partial charge in [0.2, 0.25) is 10.0 Å². The van der Waals surface area contributed by atoms with Crippen molar-refractivity contribution in [1.29, 1.82) is 0 Å². The predicted molar refractivity (Wildman–Crippen MR) is 119 cm³/mol. The second-order valence-electron chi connectivity index (χ2n) is 7.45. The number of rotatable bonds is 5. The smallest absolute Gasteiger partial charge is 0.272 e. The summed E-state index contributed by atoms with van der Waals surface area (Å²) in [6.45, 7) is 4.09. The minimum absolute atomic E-state index is 0.174. The van der Waals surface area contributed by atoms with Crippen molar-refractivity contribution in [2.24, 2.45) is 0 Å². The Balaban J connectivity index is 1.37. The molecule has 3 heterocycles. The van der Waals surface area contributed by atoms with Crippen LogP contribution in [-0.2, 0) is 14.8 Å². The number of morpholine rings is 1. The molecule has 8 nitrogen and oxygen atoms in total. The molecule has 9 heteroatoms. The summed E-state index contributed by atoms with van der Waals surface area (Å²) in [6.07, 6.45) is 3.24. The normalized spacial score (nSPS) is 18.5. The number of piperazine rings is 1. The van der Waals surface area contributed by atoms with Gasteiger partial charge in [-0.15, -0.1) is 0 Å². The van der Waals surface area contributed by atoms with Crippen LogP contribution >= 0.6 is 0 Å². The highest BCUT2D eigenvalue weighted by atomic mass is 32.2. The van der Waals surface area contributed by atoms with Gasteiger partial charge in [-0.05, 0) is 23.8 Å². The summed E-state index contributed by atoms with van der Waals surface area (Å²) in [7, 11) is -3.54. The number of nitrogens with zero attached hydrogens (tertiary/aromatic N) is 4. The molecule has 31 heavy (non-hydrogen) atoms. The van der Waals surface area contributed by atoms with Crippen LogP contribution in [0.4, 0.5) is 5.69 Å². The van der Waals surface area contributed by atoms with Crippen LogP contribution in [-0.4, -0.2) is 81.0 Å². The number of anilines is 1. The lowest BCUT2D eigenvalue weighted by molar-refractivity contribution is 0.0692. The average Bonchev–Trinajstić information content (AvgIpc) is 2.84. The lowest BCUT2D eigenvalue weighted by Crippen LogP contribution is -2.50. The fourth-order valence-electron chi connectivity index (χ4n) is 3.68. The molecule has 1 amide bonds. The molecule has 0 N–H and O–H groups in total. The zero-order valence-corrected chi connectivity index (χ0v) is 18.1. The first-order chi connectivity index (χ1) is 15.0. The lowest BCUT2D eigenvalue weighted by atomic mass is 10.2. The van der Waals surface area contributed by atoms with E-state index in [0.717, 1.165) is 24.3 Å². The monoisotopic (exact) mass is 442 g/mol. The van der Waals surface area contributed by atoms with Gasteiger partial charge >= 0.3 is 0 Å². The molecule has 164 valence electrons. The number of carbonyl (C=O) groups excluding carboxylic acids is 1. The summed E-state index contributed by atoms with van der Waals surface area (Å²) in [4.78, 5) is 21.0. The van der Waals surface area contributed by atoms with Crippen molar-refractivity contribution in [3.8, 4) is 0 Å². The van der Waals surface area contributed by atoms with E-state index in [9.17, 15) is 13.2 Å². The van der Waals surface area contributed by atoms with Crippen molar-refractivity contribution in [2.75, 3.05) is 57.4 Å². The van der Waals surface area contributed by atoms with E-state index in [-0.39, 0.29) is 19.0 Å².